The Bertz CT molecular complexity index is 351. The van der Waals surface area contributed by atoms with E-state index in [1.54, 1.807) is 11.3 Å². The van der Waals surface area contributed by atoms with Gasteiger partial charge < -0.3 is 0 Å². The summed E-state index contributed by atoms with van der Waals surface area (Å²) < 4.78 is 1.63. The fourth-order valence-electron chi connectivity index (χ4n) is 0.909. The van der Waals surface area contributed by atoms with Gasteiger partial charge in [-0.1, -0.05) is 23.2 Å². The monoisotopic (exact) mass is 234 g/mol. The van der Waals surface area contributed by atoms with Crippen LogP contribution in [0.15, 0.2) is 23.6 Å². The Labute approximate surface area is 88.4 Å². The highest BCUT2D eigenvalue weighted by Gasteiger charge is 2.03. The fraction of sp³-hybridized carbons (Fsp3) is 0. The molecule has 12 heavy (non-hydrogen) atoms. The van der Waals surface area contributed by atoms with E-state index >= 15 is 0 Å². The van der Waals surface area contributed by atoms with Crippen molar-refractivity contribution in [1.29, 1.82) is 0 Å². The summed E-state index contributed by atoms with van der Waals surface area (Å²) in [6, 6.07) is 5.85. The Morgan fingerprint density at radius 3 is 2.42 bits per heavy atom. The van der Waals surface area contributed by atoms with E-state index in [9.17, 15) is 0 Å². The average Bonchev–Trinajstić information content (AvgIpc) is 2.58. The maximum atomic E-state index is 5.81. The highest BCUT2D eigenvalue weighted by molar-refractivity contribution is 7.20. The molecule has 2 heterocycles. The third-order valence-corrected chi connectivity index (χ3v) is 3.80. The second kappa shape index (κ2) is 3.38. The highest BCUT2D eigenvalue weighted by Crippen LogP contribution is 2.34. The standard InChI is InChI=1S/C8H4Cl2S2/c9-7-2-1-6(12-7)5-3-8(10)11-4-5/h1-4H. The van der Waals surface area contributed by atoms with Gasteiger partial charge in [-0.15, -0.1) is 22.7 Å². The first-order valence-corrected chi connectivity index (χ1v) is 5.70. The smallest absolute Gasteiger partial charge is 0.0934 e. The second-order valence-corrected chi connectivity index (χ2v) is 5.50. The van der Waals surface area contributed by atoms with Crippen LogP contribution in [-0.4, -0.2) is 0 Å². The fourth-order valence-corrected chi connectivity index (χ4v) is 2.89. The van der Waals surface area contributed by atoms with Crippen LogP contribution in [0.2, 0.25) is 8.67 Å². The van der Waals surface area contributed by atoms with Crippen LogP contribution in [0.25, 0.3) is 10.4 Å². The van der Waals surface area contributed by atoms with Gasteiger partial charge in [-0.3, -0.25) is 0 Å². The molecular weight excluding hydrogens is 231 g/mol. The van der Waals surface area contributed by atoms with Crippen LogP contribution in [0.5, 0.6) is 0 Å². The van der Waals surface area contributed by atoms with Gasteiger partial charge in [0.2, 0.25) is 0 Å². The van der Waals surface area contributed by atoms with Crippen LogP contribution in [-0.2, 0) is 0 Å². The quantitative estimate of drug-likeness (QED) is 0.667. The molecule has 0 saturated heterocycles. The number of thiophene rings is 2. The molecule has 62 valence electrons. The summed E-state index contributed by atoms with van der Waals surface area (Å²) in [5.74, 6) is 0. The summed E-state index contributed by atoms with van der Waals surface area (Å²) in [4.78, 5) is 1.17. The van der Waals surface area contributed by atoms with E-state index in [-0.39, 0.29) is 0 Å². The maximum absolute atomic E-state index is 5.81. The Kier molecular flexibility index (Phi) is 2.42. The molecule has 0 aliphatic rings. The Morgan fingerprint density at radius 1 is 1.08 bits per heavy atom. The zero-order chi connectivity index (χ0) is 8.55. The molecule has 0 aliphatic carbocycles. The molecule has 2 aromatic heterocycles. The van der Waals surface area contributed by atoms with Crippen molar-refractivity contribution < 1.29 is 0 Å². The summed E-state index contributed by atoms with van der Waals surface area (Å²) >= 11 is 14.7. The third kappa shape index (κ3) is 1.67. The largest absolute Gasteiger partial charge is 0.131 e. The minimum atomic E-state index is 0.812. The van der Waals surface area contributed by atoms with Crippen molar-refractivity contribution in [3.63, 3.8) is 0 Å². The minimum Gasteiger partial charge on any atom is -0.131 e. The molecule has 0 radical (unpaired) electrons. The first-order chi connectivity index (χ1) is 5.75. The molecule has 2 aromatic rings. The van der Waals surface area contributed by atoms with Crippen molar-refractivity contribution in [2.24, 2.45) is 0 Å². The van der Waals surface area contributed by atoms with Crippen molar-refractivity contribution in [2.45, 2.75) is 0 Å². The molecule has 0 amide bonds. The van der Waals surface area contributed by atoms with Gasteiger partial charge in [0.25, 0.3) is 0 Å². The van der Waals surface area contributed by atoms with Crippen LogP contribution in [0.1, 0.15) is 0 Å². The van der Waals surface area contributed by atoms with E-state index in [2.05, 4.69) is 0 Å². The van der Waals surface area contributed by atoms with Crippen LogP contribution in [0.4, 0.5) is 0 Å². The minimum absolute atomic E-state index is 0.812. The summed E-state index contributed by atoms with van der Waals surface area (Å²) in [6.45, 7) is 0. The lowest BCUT2D eigenvalue weighted by molar-refractivity contribution is 1.89. The van der Waals surface area contributed by atoms with Crippen LogP contribution in [0, 0.1) is 0 Å². The second-order valence-electron chi connectivity index (χ2n) is 2.24. The first kappa shape index (κ1) is 8.57. The van der Waals surface area contributed by atoms with Gasteiger partial charge in [0, 0.05) is 15.8 Å². The van der Waals surface area contributed by atoms with Gasteiger partial charge in [0.15, 0.2) is 0 Å². The van der Waals surface area contributed by atoms with E-state index in [1.807, 2.05) is 23.6 Å². The zero-order valence-corrected chi connectivity index (χ0v) is 9.03. The Morgan fingerprint density at radius 2 is 1.92 bits per heavy atom. The molecule has 0 spiro atoms. The molecule has 2 rings (SSSR count). The predicted molar refractivity (Wildman–Crippen MR) is 57.7 cm³/mol. The zero-order valence-electron chi connectivity index (χ0n) is 5.88. The van der Waals surface area contributed by atoms with E-state index in [0.29, 0.717) is 0 Å². The van der Waals surface area contributed by atoms with Crippen molar-refractivity contribution in [2.75, 3.05) is 0 Å². The number of rotatable bonds is 1. The van der Waals surface area contributed by atoms with Gasteiger partial charge in [0.1, 0.15) is 0 Å². The third-order valence-electron chi connectivity index (χ3n) is 1.43. The summed E-state index contributed by atoms with van der Waals surface area (Å²) in [5, 5.41) is 2.03. The van der Waals surface area contributed by atoms with Crippen molar-refractivity contribution in [1.82, 2.24) is 0 Å². The first-order valence-electron chi connectivity index (χ1n) is 3.25. The van der Waals surface area contributed by atoms with E-state index < -0.39 is 0 Å². The van der Waals surface area contributed by atoms with Crippen LogP contribution >= 0.6 is 45.9 Å². The molecular formula is C8H4Cl2S2. The molecule has 0 atom stereocenters. The van der Waals surface area contributed by atoms with Gasteiger partial charge in [0.05, 0.1) is 8.67 Å². The average molecular weight is 235 g/mol. The topological polar surface area (TPSA) is 0 Å². The molecule has 4 heteroatoms. The van der Waals surface area contributed by atoms with E-state index in [1.165, 1.54) is 16.2 Å². The Hall–Kier alpha value is -0.0200. The van der Waals surface area contributed by atoms with Crippen LogP contribution in [0.3, 0.4) is 0 Å². The lowest BCUT2D eigenvalue weighted by Crippen LogP contribution is -1.59. The van der Waals surface area contributed by atoms with E-state index in [0.717, 1.165) is 14.2 Å². The molecule has 0 N–H and O–H groups in total. The number of hydrogen-bond donors (Lipinski definition) is 0. The molecule has 0 saturated carbocycles. The van der Waals surface area contributed by atoms with Crippen molar-refractivity contribution in [3.05, 3.63) is 32.3 Å². The summed E-state index contributed by atoms with van der Waals surface area (Å²) in [7, 11) is 0. The molecule has 0 unspecified atom stereocenters. The molecule has 0 aliphatic heterocycles. The van der Waals surface area contributed by atoms with Gasteiger partial charge in [-0.25, -0.2) is 0 Å². The Balaban J connectivity index is 2.43. The summed E-state index contributed by atoms with van der Waals surface area (Å²) in [6.07, 6.45) is 0. The molecule has 0 nitrogen and oxygen atoms in total. The van der Waals surface area contributed by atoms with Crippen molar-refractivity contribution in [3.8, 4) is 10.4 Å². The lowest BCUT2D eigenvalue weighted by Gasteiger charge is -1.86. The highest BCUT2D eigenvalue weighted by atomic mass is 35.5. The summed E-state index contributed by atoms with van der Waals surface area (Å²) in [5.41, 5.74) is 1.15. The SMILES string of the molecule is Clc1cc(-c2ccc(Cl)s2)cs1. The maximum Gasteiger partial charge on any atom is 0.0934 e. The molecule has 0 bridgehead atoms. The van der Waals surface area contributed by atoms with Crippen LogP contribution < -0.4 is 0 Å². The lowest BCUT2D eigenvalue weighted by atomic mass is 10.3. The number of halogens is 2. The molecule has 0 fully saturated rings. The normalized spacial score (nSPS) is 10.5. The van der Waals surface area contributed by atoms with E-state index in [4.69, 9.17) is 23.2 Å². The van der Waals surface area contributed by atoms with Gasteiger partial charge in [-0.05, 0) is 18.2 Å². The predicted octanol–water partition coefficient (Wildman–Crippen LogP) is 4.78. The van der Waals surface area contributed by atoms with Crippen molar-refractivity contribution >= 4 is 45.9 Å². The van der Waals surface area contributed by atoms with Gasteiger partial charge in [-0.2, -0.15) is 0 Å². The number of hydrogen-bond acceptors (Lipinski definition) is 2. The van der Waals surface area contributed by atoms with Gasteiger partial charge >= 0.3 is 0 Å². The molecule has 0 aromatic carbocycles.